The number of benzene rings is 1. The Labute approximate surface area is 78.0 Å². The van der Waals surface area contributed by atoms with Gasteiger partial charge in [-0.05, 0) is 19.1 Å². The molecule has 0 unspecified atom stereocenters. The highest BCUT2D eigenvalue weighted by molar-refractivity contribution is 5.11. The summed E-state index contributed by atoms with van der Waals surface area (Å²) in [5, 5.41) is 0. The maximum atomic E-state index is 4.30. The van der Waals surface area contributed by atoms with Crippen LogP contribution >= 0.6 is 0 Å². The molecule has 0 saturated carbocycles. The Morgan fingerprint density at radius 1 is 0.846 bits per heavy atom. The third kappa shape index (κ3) is 4.69. The van der Waals surface area contributed by atoms with E-state index >= 15 is 0 Å². The molecule has 2 nitrogen and oxygen atoms in total. The molecule has 0 aliphatic carbocycles. The van der Waals surface area contributed by atoms with E-state index in [1.807, 2.05) is 18.2 Å². The Kier molecular flexibility index (Phi) is 4.25. The highest BCUT2D eigenvalue weighted by atomic mass is 17.2. The van der Waals surface area contributed by atoms with E-state index in [0.717, 1.165) is 0 Å². The molecule has 1 heterocycles. The lowest BCUT2D eigenvalue weighted by molar-refractivity contribution is -0.198. The van der Waals surface area contributed by atoms with Crippen molar-refractivity contribution >= 4 is 0 Å². The molecule has 0 N–H and O–H groups in total. The molecule has 13 heavy (non-hydrogen) atoms. The number of rotatable bonds is 0. The van der Waals surface area contributed by atoms with Gasteiger partial charge >= 0.3 is 0 Å². The van der Waals surface area contributed by atoms with Crippen LogP contribution in [0.2, 0.25) is 0 Å². The Hall–Kier alpha value is -1.70. The molecule has 2 heteroatoms. The standard InChI is InChI=1S/C7H8.C4H4O2/c1-7-5-3-2-4-6-7;1-2-4-6-5-3-1/h2-6H,1H3;1-4H. The van der Waals surface area contributed by atoms with Gasteiger partial charge in [0, 0.05) is 0 Å². The van der Waals surface area contributed by atoms with Gasteiger partial charge in [-0.3, -0.25) is 9.78 Å². The number of allylic oxidation sites excluding steroid dienone is 2. The van der Waals surface area contributed by atoms with Crippen molar-refractivity contribution in [3.8, 4) is 0 Å². The summed E-state index contributed by atoms with van der Waals surface area (Å²) in [5.41, 5.74) is 1.32. The van der Waals surface area contributed by atoms with Crippen LogP contribution in [0.3, 0.4) is 0 Å². The first-order chi connectivity index (χ1) is 6.39. The molecular formula is C11H12O2. The van der Waals surface area contributed by atoms with Gasteiger partial charge in [0.1, 0.15) is 12.5 Å². The third-order valence-corrected chi connectivity index (χ3v) is 1.38. The van der Waals surface area contributed by atoms with Crippen molar-refractivity contribution in [2.45, 2.75) is 6.92 Å². The van der Waals surface area contributed by atoms with E-state index in [1.165, 1.54) is 18.1 Å². The van der Waals surface area contributed by atoms with Gasteiger partial charge in [0.15, 0.2) is 0 Å². The molecular weight excluding hydrogens is 164 g/mol. The highest BCUT2D eigenvalue weighted by Crippen LogP contribution is 1.92. The molecule has 1 aromatic rings. The monoisotopic (exact) mass is 176 g/mol. The van der Waals surface area contributed by atoms with E-state index in [2.05, 4.69) is 28.8 Å². The molecule has 0 saturated heterocycles. The van der Waals surface area contributed by atoms with E-state index in [1.54, 1.807) is 12.2 Å². The van der Waals surface area contributed by atoms with Crippen LogP contribution in [0.4, 0.5) is 0 Å². The van der Waals surface area contributed by atoms with Gasteiger partial charge in [0.2, 0.25) is 0 Å². The Bertz CT molecular complexity index is 263. The maximum absolute atomic E-state index is 4.30. The normalized spacial score (nSPS) is 12.1. The number of hydrogen-bond acceptors (Lipinski definition) is 2. The largest absolute Gasteiger partial charge is 0.299 e. The summed E-state index contributed by atoms with van der Waals surface area (Å²) in [6, 6.07) is 10.3. The second-order valence-electron chi connectivity index (χ2n) is 2.50. The minimum atomic E-state index is 1.32. The fourth-order valence-electron chi connectivity index (χ4n) is 0.753. The van der Waals surface area contributed by atoms with Crippen molar-refractivity contribution in [1.82, 2.24) is 0 Å². The Morgan fingerprint density at radius 3 is 1.62 bits per heavy atom. The zero-order valence-corrected chi connectivity index (χ0v) is 7.51. The van der Waals surface area contributed by atoms with Crippen LogP contribution in [0.15, 0.2) is 55.0 Å². The van der Waals surface area contributed by atoms with E-state index in [-0.39, 0.29) is 0 Å². The van der Waals surface area contributed by atoms with Crippen LogP contribution in [-0.4, -0.2) is 0 Å². The zero-order chi connectivity index (χ0) is 9.36. The molecule has 0 amide bonds. The van der Waals surface area contributed by atoms with Gasteiger partial charge in [-0.2, -0.15) is 0 Å². The molecule has 0 bridgehead atoms. The molecule has 68 valence electrons. The fraction of sp³-hybridized carbons (Fsp3) is 0.0909. The summed E-state index contributed by atoms with van der Waals surface area (Å²) in [7, 11) is 0. The molecule has 0 spiro atoms. The van der Waals surface area contributed by atoms with Crippen LogP contribution in [0.5, 0.6) is 0 Å². The second-order valence-corrected chi connectivity index (χ2v) is 2.50. The SMILES string of the molecule is C1=COOC=C1.Cc1ccccc1. The predicted octanol–water partition coefficient (Wildman–Crippen LogP) is 2.97. The molecule has 0 atom stereocenters. The van der Waals surface area contributed by atoms with Gasteiger partial charge in [-0.1, -0.05) is 35.9 Å². The maximum Gasteiger partial charge on any atom is 0.142 e. The van der Waals surface area contributed by atoms with Gasteiger partial charge in [0.25, 0.3) is 0 Å². The lowest BCUT2D eigenvalue weighted by Gasteiger charge is -1.94. The molecule has 0 radical (unpaired) electrons. The topological polar surface area (TPSA) is 18.5 Å². The van der Waals surface area contributed by atoms with Gasteiger partial charge in [-0.15, -0.1) is 0 Å². The molecule has 2 rings (SSSR count). The second kappa shape index (κ2) is 5.89. The van der Waals surface area contributed by atoms with Crippen molar-refractivity contribution in [2.75, 3.05) is 0 Å². The van der Waals surface area contributed by atoms with E-state index in [4.69, 9.17) is 0 Å². The van der Waals surface area contributed by atoms with Crippen molar-refractivity contribution < 1.29 is 9.78 Å². The summed E-state index contributed by atoms with van der Waals surface area (Å²) in [4.78, 5) is 8.60. The summed E-state index contributed by atoms with van der Waals surface area (Å²) < 4.78 is 0. The first kappa shape index (κ1) is 9.39. The van der Waals surface area contributed by atoms with Crippen molar-refractivity contribution in [3.05, 3.63) is 60.6 Å². The lowest BCUT2D eigenvalue weighted by atomic mass is 10.2. The van der Waals surface area contributed by atoms with E-state index in [0.29, 0.717) is 0 Å². The third-order valence-electron chi connectivity index (χ3n) is 1.38. The van der Waals surface area contributed by atoms with Gasteiger partial charge < -0.3 is 0 Å². The minimum absolute atomic E-state index is 1.32. The fourth-order valence-corrected chi connectivity index (χ4v) is 0.753. The quantitative estimate of drug-likeness (QED) is 0.566. The first-order valence-electron chi connectivity index (χ1n) is 4.05. The van der Waals surface area contributed by atoms with Crippen LogP contribution < -0.4 is 0 Å². The van der Waals surface area contributed by atoms with Gasteiger partial charge in [-0.25, -0.2) is 0 Å². The predicted molar refractivity (Wildman–Crippen MR) is 51.6 cm³/mol. The number of aryl methyl sites for hydroxylation is 1. The molecule has 0 fully saturated rings. The van der Waals surface area contributed by atoms with Crippen molar-refractivity contribution in [1.29, 1.82) is 0 Å². The Morgan fingerprint density at radius 2 is 1.38 bits per heavy atom. The smallest absolute Gasteiger partial charge is 0.142 e. The average molecular weight is 176 g/mol. The highest BCUT2D eigenvalue weighted by Gasteiger charge is 1.75. The van der Waals surface area contributed by atoms with Crippen molar-refractivity contribution in [3.63, 3.8) is 0 Å². The summed E-state index contributed by atoms with van der Waals surface area (Å²) in [5.74, 6) is 0. The average Bonchev–Trinajstić information content (AvgIpc) is 2.22. The lowest BCUT2D eigenvalue weighted by Crippen LogP contribution is -1.78. The molecule has 1 aliphatic rings. The summed E-state index contributed by atoms with van der Waals surface area (Å²) in [6.45, 7) is 2.08. The summed E-state index contributed by atoms with van der Waals surface area (Å²) in [6.07, 6.45) is 6.40. The molecule has 0 aromatic heterocycles. The Balaban J connectivity index is 0.000000132. The van der Waals surface area contributed by atoms with Crippen molar-refractivity contribution in [2.24, 2.45) is 0 Å². The van der Waals surface area contributed by atoms with Crippen LogP contribution in [0.25, 0.3) is 0 Å². The zero-order valence-electron chi connectivity index (χ0n) is 7.51. The first-order valence-corrected chi connectivity index (χ1v) is 4.05. The van der Waals surface area contributed by atoms with E-state index < -0.39 is 0 Å². The number of hydrogen-bond donors (Lipinski definition) is 0. The van der Waals surface area contributed by atoms with Crippen LogP contribution in [-0.2, 0) is 9.78 Å². The molecule has 1 aromatic carbocycles. The van der Waals surface area contributed by atoms with Crippen LogP contribution in [0.1, 0.15) is 5.56 Å². The van der Waals surface area contributed by atoms with Crippen LogP contribution in [0, 0.1) is 6.92 Å². The van der Waals surface area contributed by atoms with Gasteiger partial charge in [0.05, 0.1) is 0 Å². The summed E-state index contributed by atoms with van der Waals surface area (Å²) >= 11 is 0. The van der Waals surface area contributed by atoms with E-state index in [9.17, 15) is 0 Å². The molecule has 1 aliphatic heterocycles. The minimum Gasteiger partial charge on any atom is -0.299 e.